The summed E-state index contributed by atoms with van der Waals surface area (Å²) >= 11 is 0. The molecule has 1 unspecified atom stereocenters. The van der Waals surface area contributed by atoms with Gasteiger partial charge < -0.3 is 10.2 Å². The first-order valence-electron chi connectivity index (χ1n) is 6.87. The van der Waals surface area contributed by atoms with Crippen molar-refractivity contribution in [2.45, 2.75) is 32.8 Å². The molecule has 0 radical (unpaired) electrons. The van der Waals surface area contributed by atoms with Gasteiger partial charge in [-0.25, -0.2) is 4.39 Å². The number of hydrogen-bond acceptors (Lipinski definition) is 2. The monoisotopic (exact) mass is 290 g/mol. The van der Waals surface area contributed by atoms with Gasteiger partial charge in [-0.15, -0.1) is 0 Å². The van der Waals surface area contributed by atoms with E-state index in [2.05, 4.69) is 0 Å². The van der Waals surface area contributed by atoms with E-state index in [-0.39, 0.29) is 12.2 Å². The molecule has 0 amide bonds. The summed E-state index contributed by atoms with van der Waals surface area (Å²) in [7, 11) is 0. The van der Waals surface area contributed by atoms with Crippen molar-refractivity contribution < 1.29 is 19.4 Å². The molecule has 112 valence electrons. The van der Waals surface area contributed by atoms with Crippen LogP contribution < -0.4 is 0 Å². The Labute approximate surface area is 123 Å². The number of aliphatic hydroxyl groups excluding tert-OH is 1. The number of rotatable bonds is 5. The van der Waals surface area contributed by atoms with Crippen molar-refractivity contribution in [2.75, 3.05) is 0 Å². The molecule has 0 fully saturated rings. The molecule has 0 aliphatic rings. The molecule has 0 aliphatic heterocycles. The van der Waals surface area contributed by atoms with Crippen LogP contribution in [0, 0.1) is 11.2 Å². The van der Waals surface area contributed by atoms with E-state index >= 15 is 0 Å². The normalized spacial score (nSPS) is 13.3. The van der Waals surface area contributed by atoms with Crippen molar-refractivity contribution in [3.63, 3.8) is 0 Å². The Morgan fingerprint density at radius 3 is 2.43 bits per heavy atom. The highest BCUT2D eigenvalue weighted by Gasteiger charge is 2.27. The van der Waals surface area contributed by atoms with Crippen molar-refractivity contribution in [3.8, 4) is 0 Å². The molecule has 0 saturated heterocycles. The number of carbonyl (C=O) groups is 1. The summed E-state index contributed by atoms with van der Waals surface area (Å²) in [5.41, 5.74) is 0.0891. The summed E-state index contributed by atoms with van der Waals surface area (Å²) in [6, 6.07) is 9.88. The highest BCUT2D eigenvalue weighted by atomic mass is 19.1. The van der Waals surface area contributed by atoms with Gasteiger partial charge in [0.05, 0.1) is 12.5 Å². The molecule has 3 nitrogen and oxygen atoms in total. The maximum absolute atomic E-state index is 13.8. The quantitative estimate of drug-likeness (QED) is 0.878. The van der Waals surface area contributed by atoms with Gasteiger partial charge in [0.25, 0.3) is 0 Å². The second-order valence-electron chi connectivity index (χ2n) is 6.14. The Hall–Kier alpha value is -1.94. The summed E-state index contributed by atoms with van der Waals surface area (Å²) in [5, 5.41) is 20.5. The van der Waals surface area contributed by atoms with Crippen LogP contribution in [-0.2, 0) is 4.79 Å². The molecule has 0 aliphatic carbocycles. The molecule has 2 aromatic rings. The zero-order chi connectivity index (χ0) is 15.6. The Morgan fingerprint density at radius 2 is 1.81 bits per heavy atom. The van der Waals surface area contributed by atoms with Crippen LogP contribution in [0.15, 0.2) is 36.4 Å². The third-order valence-corrected chi connectivity index (χ3v) is 3.64. The lowest BCUT2D eigenvalue weighted by Gasteiger charge is -2.26. The van der Waals surface area contributed by atoms with Gasteiger partial charge in [-0.2, -0.15) is 0 Å². The fourth-order valence-electron chi connectivity index (χ4n) is 2.69. The van der Waals surface area contributed by atoms with E-state index in [0.717, 1.165) is 0 Å². The van der Waals surface area contributed by atoms with Gasteiger partial charge in [0.15, 0.2) is 0 Å². The van der Waals surface area contributed by atoms with Gasteiger partial charge in [0.1, 0.15) is 5.82 Å². The predicted octanol–water partition coefficient (Wildman–Crippen LogP) is 3.90. The summed E-state index contributed by atoms with van der Waals surface area (Å²) in [5.74, 6) is -1.22. The number of carboxylic acids is 1. The summed E-state index contributed by atoms with van der Waals surface area (Å²) in [6.07, 6.45) is -0.553. The number of halogens is 1. The van der Waals surface area contributed by atoms with E-state index < -0.39 is 17.5 Å². The molecule has 0 heterocycles. The lowest BCUT2D eigenvalue weighted by Crippen LogP contribution is -2.20. The van der Waals surface area contributed by atoms with E-state index in [4.69, 9.17) is 5.11 Å². The van der Waals surface area contributed by atoms with E-state index in [1.165, 1.54) is 6.07 Å². The summed E-state index contributed by atoms with van der Waals surface area (Å²) in [4.78, 5) is 10.9. The van der Waals surface area contributed by atoms with Gasteiger partial charge in [0, 0.05) is 5.39 Å². The number of aliphatic hydroxyl groups is 1. The first-order chi connectivity index (χ1) is 9.80. The molecule has 0 aromatic heterocycles. The zero-order valence-corrected chi connectivity index (χ0v) is 12.1. The molecule has 0 bridgehead atoms. The highest BCUT2D eigenvalue weighted by molar-refractivity contribution is 5.86. The topological polar surface area (TPSA) is 57.5 Å². The first-order valence-corrected chi connectivity index (χ1v) is 6.87. The molecule has 4 heteroatoms. The van der Waals surface area contributed by atoms with Crippen molar-refractivity contribution in [1.29, 1.82) is 0 Å². The molecule has 21 heavy (non-hydrogen) atoms. The Bertz CT molecular complexity index is 664. The predicted molar refractivity (Wildman–Crippen MR) is 79.5 cm³/mol. The van der Waals surface area contributed by atoms with Crippen LogP contribution in [0.5, 0.6) is 0 Å². The van der Waals surface area contributed by atoms with Crippen molar-refractivity contribution >= 4 is 16.7 Å². The molecule has 2 rings (SSSR count). The molecule has 0 saturated carbocycles. The number of hydrogen-bond donors (Lipinski definition) is 2. The van der Waals surface area contributed by atoms with Crippen LogP contribution >= 0.6 is 0 Å². The Balaban J connectivity index is 2.34. The third kappa shape index (κ3) is 3.58. The first kappa shape index (κ1) is 15.4. The van der Waals surface area contributed by atoms with Crippen molar-refractivity contribution in [3.05, 3.63) is 47.8 Å². The third-order valence-electron chi connectivity index (χ3n) is 3.64. The number of fused-ring (bicyclic) bond motifs is 1. The second kappa shape index (κ2) is 5.82. The van der Waals surface area contributed by atoms with Crippen LogP contribution in [0.1, 0.15) is 38.4 Å². The Morgan fingerprint density at radius 1 is 1.19 bits per heavy atom. The van der Waals surface area contributed by atoms with Gasteiger partial charge in [-0.1, -0.05) is 44.2 Å². The Kier molecular flexibility index (Phi) is 4.28. The smallest absolute Gasteiger partial charge is 0.303 e. The van der Waals surface area contributed by atoms with Crippen molar-refractivity contribution in [2.24, 2.45) is 5.41 Å². The van der Waals surface area contributed by atoms with Gasteiger partial charge >= 0.3 is 5.97 Å². The van der Waals surface area contributed by atoms with Crippen LogP contribution in [0.3, 0.4) is 0 Å². The summed E-state index contributed by atoms with van der Waals surface area (Å²) < 4.78 is 13.8. The fraction of sp³-hybridized carbons (Fsp3) is 0.353. The van der Waals surface area contributed by atoms with Crippen LogP contribution in [0.25, 0.3) is 10.8 Å². The van der Waals surface area contributed by atoms with E-state index in [9.17, 15) is 14.3 Å². The van der Waals surface area contributed by atoms with Crippen LogP contribution in [0.4, 0.5) is 4.39 Å². The minimum Gasteiger partial charge on any atom is -0.481 e. The maximum Gasteiger partial charge on any atom is 0.303 e. The number of aliphatic carboxylic acids is 1. The minimum atomic E-state index is -0.892. The average molecular weight is 290 g/mol. The number of carboxylic acid groups (broad SMARTS) is 1. The minimum absolute atomic E-state index is 0.0246. The van der Waals surface area contributed by atoms with Gasteiger partial charge in [-0.3, -0.25) is 4.79 Å². The molecular weight excluding hydrogens is 271 g/mol. The average Bonchev–Trinajstić information content (AvgIpc) is 2.37. The lowest BCUT2D eigenvalue weighted by molar-refractivity contribution is -0.139. The zero-order valence-electron chi connectivity index (χ0n) is 12.1. The molecule has 1 atom stereocenters. The molecule has 2 N–H and O–H groups in total. The van der Waals surface area contributed by atoms with E-state index in [0.29, 0.717) is 22.8 Å². The standard InChI is InChI=1S/C17H19FO3/c1-17(2,10-16(20)21)9-15(19)13-7-8-14(18)12-6-4-3-5-11(12)13/h3-8,15,19H,9-10H2,1-2H3,(H,20,21). The van der Waals surface area contributed by atoms with Crippen LogP contribution in [-0.4, -0.2) is 16.2 Å². The molecule has 2 aromatic carbocycles. The molecular formula is C17H19FO3. The SMILES string of the molecule is CC(C)(CC(=O)O)CC(O)c1ccc(F)c2ccccc12. The van der Waals surface area contributed by atoms with Gasteiger partial charge in [-0.05, 0) is 28.9 Å². The number of benzene rings is 2. The highest BCUT2D eigenvalue weighted by Crippen LogP contribution is 2.36. The van der Waals surface area contributed by atoms with E-state index in [1.54, 1.807) is 44.2 Å². The molecule has 0 spiro atoms. The maximum atomic E-state index is 13.8. The van der Waals surface area contributed by atoms with Crippen LogP contribution in [0.2, 0.25) is 0 Å². The van der Waals surface area contributed by atoms with Crippen molar-refractivity contribution in [1.82, 2.24) is 0 Å². The second-order valence-corrected chi connectivity index (χ2v) is 6.14. The lowest BCUT2D eigenvalue weighted by atomic mass is 9.81. The van der Waals surface area contributed by atoms with Gasteiger partial charge in [0.2, 0.25) is 0 Å². The largest absolute Gasteiger partial charge is 0.481 e. The van der Waals surface area contributed by atoms with E-state index in [1.807, 2.05) is 0 Å². The fourth-order valence-corrected chi connectivity index (χ4v) is 2.69. The summed E-state index contributed by atoms with van der Waals surface area (Å²) in [6.45, 7) is 3.60.